The van der Waals surface area contributed by atoms with Crippen molar-refractivity contribution in [2.75, 3.05) is 17.3 Å². The lowest BCUT2D eigenvalue weighted by molar-refractivity contribution is 0.483. The van der Waals surface area contributed by atoms with E-state index in [2.05, 4.69) is 5.32 Å². The van der Waals surface area contributed by atoms with Gasteiger partial charge in [-0.25, -0.2) is 8.42 Å². The predicted molar refractivity (Wildman–Crippen MR) is 85.8 cm³/mol. The van der Waals surface area contributed by atoms with E-state index in [1.165, 1.54) is 6.26 Å². The standard InChI is InChI=1S/C16H19NO3S/c1-13(12-21(2,18)19)17-14-8-10-16(11-9-14)20-15-6-4-3-5-7-15/h3-11,13,17H,12H2,1-2H3. The Labute approximate surface area is 125 Å². The highest BCUT2D eigenvalue weighted by Gasteiger charge is 2.10. The van der Waals surface area contributed by atoms with Crippen LogP contribution in [0.25, 0.3) is 0 Å². The Morgan fingerprint density at radius 1 is 1.00 bits per heavy atom. The van der Waals surface area contributed by atoms with Gasteiger partial charge in [0.2, 0.25) is 0 Å². The summed E-state index contributed by atoms with van der Waals surface area (Å²) in [5.41, 5.74) is 0.867. The molecule has 0 amide bonds. The van der Waals surface area contributed by atoms with E-state index in [1.807, 2.05) is 61.5 Å². The zero-order chi connectivity index (χ0) is 15.3. The van der Waals surface area contributed by atoms with E-state index in [0.717, 1.165) is 17.2 Å². The van der Waals surface area contributed by atoms with Gasteiger partial charge < -0.3 is 10.1 Å². The van der Waals surface area contributed by atoms with Crippen LogP contribution in [-0.4, -0.2) is 26.5 Å². The monoisotopic (exact) mass is 305 g/mol. The molecule has 0 aromatic heterocycles. The molecule has 0 bridgehead atoms. The maximum Gasteiger partial charge on any atom is 0.149 e. The third kappa shape index (κ3) is 5.47. The third-order valence-corrected chi connectivity index (χ3v) is 3.90. The number of nitrogens with one attached hydrogen (secondary N) is 1. The van der Waals surface area contributed by atoms with Gasteiger partial charge in [0.25, 0.3) is 0 Å². The molecule has 0 fully saturated rings. The summed E-state index contributed by atoms with van der Waals surface area (Å²) >= 11 is 0. The van der Waals surface area contributed by atoms with Crippen molar-refractivity contribution in [1.29, 1.82) is 0 Å². The van der Waals surface area contributed by atoms with Crippen LogP contribution in [0, 0.1) is 0 Å². The van der Waals surface area contributed by atoms with Crippen molar-refractivity contribution in [2.24, 2.45) is 0 Å². The molecule has 4 nitrogen and oxygen atoms in total. The number of benzene rings is 2. The summed E-state index contributed by atoms with van der Waals surface area (Å²) in [4.78, 5) is 0. The molecular formula is C16H19NO3S. The minimum absolute atomic E-state index is 0.106. The molecule has 0 aliphatic carbocycles. The molecule has 0 spiro atoms. The lowest BCUT2D eigenvalue weighted by Crippen LogP contribution is -2.24. The van der Waals surface area contributed by atoms with Crippen molar-refractivity contribution in [3.8, 4) is 11.5 Å². The van der Waals surface area contributed by atoms with Crippen LogP contribution in [0.4, 0.5) is 5.69 Å². The Morgan fingerprint density at radius 3 is 2.14 bits per heavy atom. The van der Waals surface area contributed by atoms with Crippen molar-refractivity contribution in [3.05, 3.63) is 54.6 Å². The van der Waals surface area contributed by atoms with Crippen molar-refractivity contribution in [3.63, 3.8) is 0 Å². The van der Waals surface area contributed by atoms with Gasteiger partial charge in [0.05, 0.1) is 5.75 Å². The average molecular weight is 305 g/mol. The van der Waals surface area contributed by atoms with Crippen LogP contribution in [-0.2, 0) is 9.84 Å². The summed E-state index contributed by atoms with van der Waals surface area (Å²) in [5, 5.41) is 3.15. The van der Waals surface area contributed by atoms with Crippen molar-refractivity contribution < 1.29 is 13.2 Å². The molecule has 1 unspecified atom stereocenters. The first-order valence-electron chi connectivity index (χ1n) is 6.69. The van der Waals surface area contributed by atoms with Crippen molar-refractivity contribution >= 4 is 15.5 Å². The quantitative estimate of drug-likeness (QED) is 0.889. The molecule has 2 rings (SSSR count). The smallest absolute Gasteiger partial charge is 0.149 e. The number of rotatable bonds is 6. The second-order valence-corrected chi connectivity index (χ2v) is 7.26. The van der Waals surface area contributed by atoms with Crippen LogP contribution in [0.5, 0.6) is 11.5 Å². The Hall–Kier alpha value is -2.01. The number of para-hydroxylation sites is 1. The molecule has 1 atom stereocenters. The Kier molecular flexibility index (Phi) is 4.85. The van der Waals surface area contributed by atoms with Gasteiger partial charge in [-0.3, -0.25) is 0 Å². The number of sulfone groups is 1. The summed E-state index contributed by atoms with van der Waals surface area (Å²) in [5.74, 6) is 1.63. The van der Waals surface area contributed by atoms with E-state index in [1.54, 1.807) is 0 Å². The molecule has 0 aliphatic rings. The van der Waals surface area contributed by atoms with Crippen LogP contribution in [0.3, 0.4) is 0 Å². The highest BCUT2D eigenvalue weighted by Crippen LogP contribution is 2.22. The molecule has 0 saturated heterocycles. The fourth-order valence-corrected chi connectivity index (χ4v) is 3.02. The van der Waals surface area contributed by atoms with Crippen LogP contribution in [0.1, 0.15) is 6.92 Å². The zero-order valence-corrected chi connectivity index (χ0v) is 12.9. The number of anilines is 1. The van der Waals surface area contributed by atoms with Crippen LogP contribution in [0.15, 0.2) is 54.6 Å². The molecule has 5 heteroatoms. The molecule has 2 aromatic rings. The van der Waals surface area contributed by atoms with E-state index in [-0.39, 0.29) is 11.8 Å². The van der Waals surface area contributed by atoms with Crippen LogP contribution < -0.4 is 10.1 Å². The first-order valence-corrected chi connectivity index (χ1v) is 8.76. The summed E-state index contributed by atoms with van der Waals surface area (Å²) in [6, 6.07) is 16.8. The zero-order valence-electron chi connectivity index (χ0n) is 12.1. The van der Waals surface area contributed by atoms with E-state index >= 15 is 0 Å². The Bertz CT molecular complexity index is 666. The minimum Gasteiger partial charge on any atom is -0.457 e. The van der Waals surface area contributed by atoms with Gasteiger partial charge in [-0.15, -0.1) is 0 Å². The van der Waals surface area contributed by atoms with Crippen molar-refractivity contribution in [1.82, 2.24) is 0 Å². The Morgan fingerprint density at radius 2 is 1.57 bits per heavy atom. The molecule has 0 radical (unpaired) electrons. The molecular weight excluding hydrogens is 286 g/mol. The topological polar surface area (TPSA) is 55.4 Å². The molecule has 2 aromatic carbocycles. The minimum atomic E-state index is -2.98. The summed E-state index contributed by atoms with van der Waals surface area (Å²) in [6.45, 7) is 1.84. The largest absolute Gasteiger partial charge is 0.457 e. The molecule has 1 N–H and O–H groups in total. The van der Waals surface area contributed by atoms with Gasteiger partial charge in [-0.2, -0.15) is 0 Å². The average Bonchev–Trinajstić information content (AvgIpc) is 2.40. The number of hydrogen-bond acceptors (Lipinski definition) is 4. The van der Waals surface area contributed by atoms with Gasteiger partial charge in [-0.1, -0.05) is 18.2 Å². The number of ether oxygens (including phenoxy) is 1. The first-order chi connectivity index (χ1) is 9.92. The second-order valence-electron chi connectivity index (χ2n) is 5.08. The molecule has 0 heterocycles. The van der Waals surface area contributed by atoms with Gasteiger partial charge in [0, 0.05) is 18.0 Å². The fraction of sp³-hybridized carbons (Fsp3) is 0.250. The summed E-state index contributed by atoms with van der Waals surface area (Å²) < 4.78 is 28.2. The van der Waals surface area contributed by atoms with E-state index in [9.17, 15) is 8.42 Å². The second kappa shape index (κ2) is 6.63. The molecule has 21 heavy (non-hydrogen) atoms. The lowest BCUT2D eigenvalue weighted by atomic mass is 10.2. The highest BCUT2D eigenvalue weighted by molar-refractivity contribution is 7.90. The summed E-state index contributed by atoms with van der Waals surface area (Å²) in [7, 11) is -2.98. The van der Waals surface area contributed by atoms with E-state index < -0.39 is 9.84 Å². The van der Waals surface area contributed by atoms with Gasteiger partial charge in [0.1, 0.15) is 21.3 Å². The van der Waals surface area contributed by atoms with Gasteiger partial charge in [0.15, 0.2) is 0 Å². The highest BCUT2D eigenvalue weighted by atomic mass is 32.2. The maximum atomic E-state index is 11.2. The molecule has 0 saturated carbocycles. The third-order valence-electron chi connectivity index (χ3n) is 2.80. The van der Waals surface area contributed by atoms with Gasteiger partial charge >= 0.3 is 0 Å². The van der Waals surface area contributed by atoms with Gasteiger partial charge in [-0.05, 0) is 43.3 Å². The molecule has 0 aliphatic heterocycles. The normalized spacial score (nSPS) is 12.7. The number of hydrogen-bond donors (Lipinski definition) is 1. The van der Waals surface area contributed by atoms with Crippen LogP contribution >= 0.6 is 0 Å². The predicted octanol–water partition coefficient (Wildman–Crippen LogP) is 3.32. The SMILES string of the molecule is CC(CS(C)(=O)=O)Nc1ccc(Oc2ccccc2)cc1. The molecule has 112 valence electrons. The summed E-state index contributed by atoms with van der Waals surface area (Å²) in [6.07, 6.45) is 1.24. The maximum absolute atomic E-state index is 11.2. The lowest BCUT2D eigenvalue weighted by Gasteiger charge is -2.14. The fourth-order valence-electron chi connectivity index (χ4n) is 2.02. The van der Waals surface area contributed by atoms with E-state index in [4.69, 9.17) is 4.74 Å². The van der Waals surface area contributed by atoms with Crippen molar-refractivity contribution in [2.45, 2.75) is 13.0 Å². The van der Waals surface area contributed by atoms with E-state index in [0.29, 0.717) is 0 Å². The first kappa shape index (κ1) is 15.4. The Balaban J connectivity index is 1.96. The van der Waals surface area contributed by atoms with Crippen LogP contribution in [0.2, 0.25) is 0 Å².